The van der Waals surface area contributed by atoms with Crippen LogP contribution in [0.15, 0.2) is 42.5 Å². The predicted molar refractivity (Wildman–Crippen MR) is 116 cm³/mol. The van der Waals surface area contributed by atoms with Crippen molar-refractivity contribution in [3.63, 3.8) is 0 Å². The SMILES string of the molecule is COc1ccc(CCN2CCC(CCOc3ccc(OC(F)(F)F)cc3)CC2)cc1OC. The Morgan fingerprint density at radius 2 is 1.56 bits per heavy atom. The maximum absolute atomic E-state index is 12.2. The first-order valence-electron chi connectivity index (χ1n) is 10.8. The van der Waals surface area contributed by atoms with Crippen molar-refractivity contribution in [1.29, 1.82) is 0 Å². The Balaban J connectivity index is 1.34. The normalized spacial score (nSPS) is 15.4. The highest BCUT2D eigenvalue weighted by Crippen LogP contribution is 2.28. The fourth-order valence-electron chi connectivity index (χ4n) is 3.90. The van der Waals surface area contributed by atoms with E-state index in [-0.39, 0.29) is 5.75 Å². The number of rotatable bonds is 10. The summed E-state index contributed by atoms with van der Waals surface area (Å²) >= 11 is 0. The molecule has 0 N–H and O–H groups in total. The summed E-state index contributed by atoms with van der Waals surface area (Å²) in [5.41, 5.74) is 1.23. The molecule has 0 atom stereocenters. The van der Waals surface area contributed by atoms with Gasteiger partial charge in [0.1, 0.15) is 11.5 Å². The summed E-state index contributed by atoms with van der Waals surface area (Å²) in [7, 11) is 3.28. The fourth-order valence-corrected chi connectivity index (χ4v) is 3.90. The molecule has 3 rings (SSSR count). The molecule has 0 amide bonds. The molecule has 0 aromatic heterocycles. The van der Waals surface area contributed by atoms with Crippen molar-refractivity contribution < 1.29 is 32.1 Å². The van der Waals surface area contributed by atoms with Crippen LogP contribution in [-0.2, 0) is 6.42 Å². The monoisotopic (exact) mass is 453 g/mol. The van der Waals surface area contributed by atoms with E-state index in [9.17, 15) is 13.2 Å². The van der Waals surface area contributed by atoms with Crippen LogP contribution < -0.4 is 18.9 Å². The van der Waals surface area contributed by atoms with Crippen molar-refractivity contribution in [2.24, 2.45) is 5.92 Å². The van der Waals surface area contributed by atoms with Gasteiger partial charge in [-0.2, -0.15) is 0 Å². The Bertz CT molecular complexity index is 834. The average Bonchev–Trinajstić information content (AvgIpc) is 2.78. The summed E-state index contributed by atoms with van der Waals surface area (Å²) in [6.07, 6.45) is -0.549. The van der Waals surface area contributed by atoms with Crippen LogP contribution in [0.25, 0.3) is 0 Å². The molecule has 0 unspecified atom stereocenters. The van der Waals surface area contributed by atoms with E-state index >= 15 is 0 Å². The molecule has 32 heavy (non-hydrogen) atoms. The largest absolute Gasteiger partial charge is 0.573 e. The zero-order valence-electron chi connectivity index (χ0n) is 18.5. The van der Waals surface area contributed by atoms with Crippen molar-refractivity contribution >= 4 is 0 Å². The summed E-state index contributed by atoms with van der Waals surface area (Å²) in [5, 5.41) is 0. The molecule has 1 fully saturated rings. The van der Waals surface area contributed by atoms with Crippen LogP contribution in [0, 0.1) is 5.92 Å². The third-order valence-electron chi connectivity index (χ3n) is 5.72. The second-order valence-corrected chi connectivity index (χ2v) is 7.88. The van der Waals surface area contributed by atoms with Gasteiger partial charge in [0, 0.05) is 6.54 Å². The molecule has 1 aliphatic rings. The smallest absolute Gasteiger partial charge is 0.494 e. The van der Waals surface area contributed by atoms with Crippen molar-refractivity contribution in [3.8, 4) is 23.0 Å². The molecule has 8 heteroatoms. The number of alkyl halides is 3. The molecule has 0 aliphatic carbocycles. The van der Waals surface area contributed by atoms with E-state index in [1.807, 2.05) is 12.1 Å². The van der Waals surface area contributed by atoms with Gasteiger partial charge in [-0.15, -0.1) is 13.2 Å². The lowest BCUT2D eigenvalue weighted by molar-refractivity contribution is -0.274. The van der Waals surface area contributed by atoms with E-state index in [0.29, 0.717) is 18.3 Å². The molecule has 0 radical (unpaired) electrons. The summed E-state index contributed by atoms with van der Waals surface area (Å²) in [4.78, 5) is 2.48. The first-order valence-corrected chi connectivity index (χ1v) is 10.8. The van der Waals surface area contributed by atoms with E-state index in [1.54, 1.807) is 14.2 Å². The topological polar surface area (TPSA) is 40.2 Å². The van der Waals surface area contributed by atoms with E-state index < -0.39 is 6.36 Å². The van der Waals surface area contributed by atoms with E-state index in [0.717, 1.165) is 56.8 Å². The minimum absolute atomic E-state index is 0.245. The van der Waals surface area contributed by atoms with Gasteiger partial charge in [0.05, 0.1) is 20.8 Å². The molecule has 1 saturated heterocycles. The number of hydrogen-bond donors (Lipinski definition) is 0. The molecular formula is C24H30F3NO4. The maximum Gasteiger partial charge on any atom is 0.573 e. The zero-order chi connectivity index (χ0) is 23.0. The van der Waals surface area contributed by atoms with Gasteiger partial charge < -0.3 is 23.8 Å². The van der Waals surface area contributed by atoms with Crippen LogP contribution in [-0.4, -0.2) is 51.7 Å². The van der Waals surface area contributed by atoms with E-state index in [2.05, 4.69) is 15.7 Å². The van der Waals surface area contributed by atoms with Crippen molar-refractivity contribution in [2.45, 2.75) is 32.0 Å². The molecule has 5 nitrogen and oxygen atoms in total. The van der Waals surface area contributed by atoms with Crippen LogP contribution in [0.3, 0.4) is 0 Å². The number of hydrogen-bond acceptors (Lipinski definition) is 5. The fraction of sp³-hybridized carbons (Fsp3) is 0.500. The molecular weight excluding hydrogens is 423 g/mol. The van der Waals surface area contributed by atoms with Crippen LogP contribution in [0.5, 0.6) is 23.0 Å². The lowest BCUT2D eigenvalue weighted by atomic mass is 9.93. The third-order valence-corrected chi connectivity index (χ3v) is 5.72. The highest BCUT2D eigenvalue weighted by Gasteiger charge is 2.31. The van der Waals surface area contributed by atoms with E-state index in [1.165, 1.54) is 29.8 Å². The van der Waals surface area contributed by atoms with Crippen LogP contribution in [0.1, 0.15) is 24.8 Å². The third kappa shape index (κ3) is 7.51. The van der Waals surface area contributed by atoms with Crippen molar-refractivity contribution in [3.05, 3.63) is 48.0 Å². The Labute approximate surface area is 187 Å². The molecule has 1 heterocycles. The summed E-state index contributed by atoms with van der Waals surface area (Å²) < 4.78 is 56.8. The van der Waals surface area contributed by atoms with Crippen molar-refractivity contribution in [2.75, 3.05) is 40.5 Å². The number of piperidine rings is 1. The molecule has 0 spiro atoms. The summed E-state index contributed by atoms with van der Waals surface area (Å²) in [5.74, 6) is 2.40. The minimum Gasteiger partial charge on any atom is -0.494 e. The van der Waals surface area contributed by atoms with Gasteiger partial charge in [0.2, 0.25) is 0 Å². The Morgan fingerprint density at radius 1 is 0.906 bits per heavy atom. The van der Waals surface area contributed by atoms with Gasteiger partial charge in [-0.1, -0.05) is 6.07 Å². The van der Waals surface area contributed by atoms with Gasteiger partial charge in [0.15, 0.2) is 11.5 Å². The molecule has 0 saturated carbocycles. The molecule has 2 aromatic rings. The van der Waals surface area contributed by atoms with Gasteiger partial charge >= 0.3 is 6.36 Å². The highest BCUT2D eigenvalue weighted by molar-refractivity contribution is 5.43. The number of nitrogens with zero attached hydrogens (tertiary/aromatic N) is 1. The summed E-state index contributed by atoms with van der Waals surface area (Å²) in [6.45, 7) is 3.67. The van der Waals surface area contributed by atoms with Gasteiger partial charge in [-0.3, -0.25) is 0 Å². The first kappa shape index (κ1) is 24.0. The first-order chi connectivity index (χ1) is 15.4. The number of ether oxygens (including phenoxy) is 4. The number of halogens is 3. The lowest BCUT2D eigenvalue weighted by Crippen LogP contribution is -2.35. The van der Waals surface area contributed by atoms with Gasteiger partial charge in [0.25, 0.3) is 0 Å². The van der Waals surface area contributed by atoms with Crippen LogP contribution in [0.4, 0.5) is 13.2 Å². The van der Waals surface area contributed by atoms with Crippen LogP contribution in [0.2, 0.25) is 0 Å². The standard InChI is InChI=1S/C24H30F3NO4/c1-29-22-8-3-19(17-23(22)30-2)11-15-28-13-9-18(10-14-28)12-16-31-20-4-6-21(7-5-20)32-24(25,26)27/h3-8,17-18H,9-16H2,1-2H3. The minimum atomic E-state index is -4.68. The number of methoxy groups -OCH3 is 2. The predicted octanol–water partition coefficient (Wildman–Crippen LogP) is 5.33. The molecule has 176 valence electrons. The van der Waals surface area contributed by atoms with E-state index in [4.69, 9.17) is 14.2 Å². The zero-order valence-corrected chi connectivity index (χ0v) is 18.5. The second-order valence-electron chi connectivity index (χ2n) is 7.88. The van der Waals surface area contributed by atoms with Crippen molar-refractivity contribution in [1.82, 2.24) is 4.90 Å². The number of likely N-dealkylation sites (tertiary alicyclic amines) is 1. The maximum atomic E-state index is 12.2. The van der Waals surface area contributed by atoms with Crippen LogP contribution >= 0.6 is 0 Å². The molecule has 0 bridgehead atoms. The summed E-state index contributed by atoms with van der Waals surface area (Å²) in [6, 6.07) is 11.6. The highest BCUT2D eigenvalue weighted by atomic mass is 19.4. The van der Waals surface area contributed by atoms with Gasteiger partial charge in [-0.05, 0) is 86.7 Å². The average molecular weight is 454 g/mol. The Hall–Kier alpha value is -2.61. The molecule has 2 aromatic carbocycles. The second kappa shape index (κ2) is 11.3. The quantitative estimate of drug-likeness (QED) is 0.487. The Morgan fingerprint density at radius 3 is 2.19 bits per heavy atom. The Kier molecular flexibility index (Phi) is 8.50. The molecule has 1 aliphatic heterocycles. The number of benzene rings is 2. The van der Waals surface area contributed by atoms with Gasteiger partial charge in [-0.25, -0.2) is 0 Å². The lowest BCUT2D eigenvalue weighted by Gasteiger charge is -2.32.